The molecule has 0 atom stereocenters. The van der Waals surface area contributed by atoms with Gasteiger partial charge in [-0.1, -0.05) is 71.7 Å². The third-order valence-electron chi connectivity index (χ3n) is 4.33. The molecule has 4 aromatic rings. The van der Waals surface area contributed by atoms with Crippen molar-refractivity contribution in [2.24, 2.45) is 5.10 Å². The lowest BCUT2D eigenvalue weighted by molar-refractivity contribution is 0.0951. The molecule has 0 unspecified atom stereocenters. The van der Waals surface area contributed by atoms with Crippen LogP contribution in [0.15, 0.2) is 77.9 Å². The molecule has 4 nitrogen and oxygen atoms in total. The SMILES string of the molecule is O=C(N/N=C\c1ccccc1Cl)c1[nH]c2ccc(Cl)cc2c1-c1ccccc1. The molecule has 1 aromatic heterocycles. The van der Waals surface area contributed by atoms with Crippen LogP contribution in [0.1, 0.15) is 16.1 Å². The second-order valence-electron chi connectivity index (χ2n) is 6.15. The Labute approximate surface area is 171 Å². The molecule has 0 radical (unpaired) electrons. The summed E-state index contributed by atoms with van der Waals surface area (Å²) in [6.45, 7) is 0. The predicted octanol–water partition coefficient (Wildman–Crippen LogP) is 5.91. The maximum Gasteiger partial charge on any atom is 0.288 e. The normalized spacial score (nSPS) is 11.2. The second-order valence-corrected chi connectivity index (χ2v) is 7.00. The van der Waals surface area contributed by atoms with E-state index in [0.717, 1.165) is 27.6 Å². The Morgan fingerprint density at radius 2 is 1.71 bits per heavy atom. The first kappa shape index (κ1) is 18.3. The van der Waals surface area contributed by atoms with E-state index >= 15 is 0 Å². The minimum Gasteiger partial charge on any atom is -0.350 e. The minimum absolute atomic E-state index is 0.352. The molecule has 2 N–H and O–H groups in total. The Hall–Kier alpha value is -3.08. The number of aromatic amines is 1. The van der Waals surface area contributed by atoms with Crippen molar-refractivity contribution in [1.29, 1.82) is 0 Å². The first-order chi connectivity index (χ1) is 13.6. The monoisotopic (exact) mass is 407 g/mol. The van der Waals surface area contributed by atoms with E-state index in [-0.39, 0.29) is 5.91 Å². The molecule has 1 amide bonds. The summed E-state index contributed by atoms with van der Waals surface area (Å²) in [6.07, 6.45) is 1.52. The van der Waals surface area contributed by atoms with Crippen molar-refractivity contribution >= 4 is 46.2 Å². The van der Waals surface area contributed by atoms with Crippen molar-refractivity contribution in [3.63, 3.8) is 0 Å². The molecule has 1 heterocycles. The molecule has 0 fully saturated rings. The summed E-state index contributed by atoms with van der Waals surface area (Å²) in [5, 5.41) is 6.09. The van der Waals surface area contributed by atoms with Crippen molar-refractivity contribution < 1.29 is 4.79 Å². The number of nitrogens with one attached hydrogen (secondary N) is 2. The molecule has 3 aromatic carbocycles. The molecule has 0 aliphatic rings. The van der Waals surface area contributed by atoms with Gasteiger partial charge in [-0.05, 0) is 29.8 Å². The van der Waals surface area contributed by atoms with Crippen LogP contribution < -0.4 is 5.43 Å². The van der Waals surface area contributed by atoms with Crippen LogP contribution in [-0.2, 0) is 0 Å². The third kappa shape index (κ3) is 3.65. The van der Waals surface area contributed by atoms with Crippen LogP contribution in [0, 0.1) is 0 Å². The summed E-state index contributed by atoms with van der Waals surface area (Å²) in [6, 6.07) is 22.4. The number of nitrogens with zero attached hydrogens (tertiary/aromatic N) is 1. The Morgan fingerprint density at radius 1 is 0.964 bits per heavy atom. The molecule has 4 rings (SSSR count). The fourth-order valence-electron chi connectivity index (χ4n) is 3.04. The number of amides is 1. The van der Waals surface area contributed by atoms with Gasteiger partial charge in [0.15, 0.2) is 0 Å². The number of fused-ring (bicyclic) bond motifs is 1. The Kier molecular flexibility index (Phi) is 5.15. The van der Waals surface area contributed by atoms with Crippen LogP contribution in [0.2, 0.25) is 10.0 Å². The minimum atomic E-state index is -0.352. The van der Waals surface area contributed by atoms with E-state index in [9.17, 15) is 4.79 Å². The smallest absolute Gasteiger partial charge is 0.288 e. The first-order valence-corrected chi connectivity index (χ1v) is 9.33. The highest BCUT2D eigenvalue weighted by molar-refractivity contribution is 6.33. The van der Waals surface area contributed by atoms with Crippen LogP contribution in [0.5, 0.6) is 0 Å². The van der Waals surface area contributed by atoms with E-state index in [1.54, 1.807) is 12.1 Å². The summed E-state index contributed by atoms with van der Waals surface area (Å²) in [5.41, 5.74) is 6.22. The molecule has 0 aliphatic heterocycles. The van der Waals surface area contributed by atoms with Gasteiger partial charge in [0, 0.05) is 32.1 Å². The highest BCUT2D eigenvalue weighted by atomic mass is 35.5. The number of hydrogen-bond acceptors (Lipinski definition) is 2. The molecule has 138 valence electrons. The molecule has 0 spiro atoms. The van der Waals surface area contributed by atoms with E-state index in [1.165, 1.54) is 6.21 Å². The Morgan fingerprint density at radius 3 is 2.50 bits per heavy atom. The topological polar surface area (TPSA) is 57.2 Å². The van der Waals surface area contributed by atoms with Gasteiger partial charge in [-0.3, -0.25) is 4.79 Å². The average Bonchev–Trinajstić information content (AvgIpc) is 3.08. The van der Waals surface area contributed by atoms with Gasteiger partial charge in [-0.15, -0.1) is 0 Å². The van der Waals surface area contributed by atoms with E-state index in [2.05, 4.69) is 15.5 Å². The van der Waals surface area contributed by atoms with Crippen molar-refractivity contribution in [2.45, 2.75) is 0 Å². The molecule has 0 bridgehead atoms. The number of carbonyl (C=O) groups excluding carboxylic acids is 1. The average molecular weight is 408 g/mol. The fourth-order valence-corrected chi connectivity index (χ4v) is 3.39. The largest absolute Gasteiger partial charge is 0.350 e. The van der Waals surface area contributed by atoms with Gasteiger partial charge < -0.3 is 4.98 Å². The maximum absolute atomic E-state index is 12.8. The zero-order chi connectivity index (χ0) is 19.5. The Balaban J connectivity index is 1.72. The maximum atomic E-state index is 12.8. The van der Waals surface area contributed by atoms with E-state index < -0.39 is 0 Å². The highest BCUT2D eigenvalue weighted by Crippen LogP contribution is 2.34. The number of carbonyl (C=O) groups is 1. The van der Waals surface area contributed by atoms with E-state index in [0.29, 0.717) is 15.7 Å². The van der Waals surface area contributed by atoms with Crippen LogP contribution in [-0.4, -0.2) is 17.1 Å². The zero-order valence-corrected chi connectivity index (χ0v) is 16.1. The molecular weight excluding hydrogens is 393 g/mol. The summed E-state index contributed by atoms with van der Waals surface area (Å²) in [5.74, 6) is -0.352. The summed E-state index contributed by atoms with van der Waals surface area (Å²) >= 11 is 12.3. The van der Waals surface area contributed by atoms with Gasteiger partial charge in [0.1, 0.15) is 5.69 Å². The lowest BCUT2D eigenvalue weighted by Gasteiger charge is -2.04. The fraction of sp³-hybridized carbons (Fsp3) is 0. The molecule has 6 heteroatoms. The molecule has 0 saturated carbocycles. The standard InChI is InChI=1S/C22H15Cl2N3O/c23-16-10-11-19-17(12-16)20(14-6-2-1-3-7-14)21(26-19)22(28)27-25-13-15-8-4-5-9-18(15)24/h1-13,26H,(H,27,28)/b25-13-. The van der Waals surface area contributed by atoms with Crippen LogP contribution >= 0.6 is 23.2 Å². The second kappa shape index (κ2) is 7.89. The van der Waals surface area contributed by atoms with Gasteiger partial charge in [0.05, 0.1) is 6.21 Å². The highest BCUT2D eigenvalue weighted by Gasteiger charge is 2.19. The number of hydrogen-bond donors (Lipinski definition) is 2. The van der Waals surface area contributed by atoms with Gasteiger partial charge in [0.2, 0.25) is 0 Å². The van der Waals surface area contributed by atoms with Crippen LogP contribution in [0.25, 0.3) is 22.0 Å². The molecular formula is C22H15Cl2N3O. The van der Waals surface area contributed by atoms with Crippen molar-refractivity contribution in [3.8, 4) is 11.1 Å². The predicted molar refractivity (Wildman–Crippen MR) is 115 cm³/mol. The number of benzene rings is 3. The number of aromatic nitrogens is 1. The number of halogens is 2. The summed E-state index contributed by atoms with van der Waals surface area (Å²) < 4.78 is 0. The molecule has 0 saturated heterocycles. The van der Waals surface area contributed by atoms with E-state index in [4.69, 9.17) is 23.2 Å². The lowest BCUT2D eigenvalue weighted by atomic mass is 10.0. The van der Waals surface area contributed by atoms with Gasteiger partial charge in [-0.25, -0.2) is 5.43 Å². The lowest BCUT2D eigenvalue weighted by Crippen LogP contribution is -2.18. The number of H-pyrrole nitrogens is 1. The van der Waals surface area contributed by atoms with E-state index in [1.807, 2.05) is 60.7 Å². The van der Waals surface area contributed by atoms with Crippen molar-refractivity contribution in [1.82, 2.24) is 10.4 Å². The summed E-state index contributed by atoms with van der Waals surface area (Å²) in [4.78, 5) is 16.0. The summed E-state index contributed by atoms with van der Waals surface area (Å²) in [7, 11) is 0. The number of rotatable bonds is 4. The molecule has 0 aliphatic carbocycles. The molecule has 28 heavy (non-hydrogen) atoms. The van der Waals surface area contributed by atoms with Crippen molar-refractivity contribution in [3.05, 3.63) is 94.1 Å². The third-order valence-corrected chi connectivity index (χ3v) is 4.90. The van der Waals surface area contributed by atoms with Gasteiger partial charge in [0.25, 0.3) is 5.91 Å². The van der Waals surface area contributed by atoms with Crippen LogP contribution in [0.3, 0.4) is 0 Å². The first-order valence-electron chi connectivity index (χ1n) is 8.58. The van der Waals surface area contributed by atoms with Crippen molar-refractivity contribution in [2.75, 3.05) is 0 Å². The van der Waals surface area contributed by atoms with Gasteiger partial charge in [-0.2, -0.15) is 5.10 Å². The quantitative estimate of drug-likeness (QED) is 0.320. The van der Waals surface area contributed by atoms with Gasteiger partial charge >= 0.3 is 0 Å². The zero-order valence-electron chi connectivity index (χ0n) is 14.6. The number of hydrazone groups is 1. The Bertz CT molecular complexity index is 1180. The van der Waals surface area contributed by atoms with Crippen LogP contribution in [0.4, 0.5) is 0 Å².